The summed E-state index contributed by atoms with van der Waals surface area (Å²) in [5.41, 5.74) is 1.77. The van der Waals surface area contributed by atoms with Crippen molar-refractivity contribution >= 4 is 11.8 Å². The molecule has 1 N–H and O–H groups in total. The Morgan fingerprint density at radius 1 is 1.06 bits per heavy atom. The molecule has 0 spiro atoms. The Kier molecular flexibility index (Phi) is 9.50. The van der Waals surface area contributed by atoms with Gasteiger partial charge in [-0.3, -0.25) is 9.59 Å². The number of halogens is 1. The molecule has 6 heteroatoms. The molecule has 0 aliphatic rings. The molecule has 0 aliphatic carbocycles. The zero-order valence-corrected chi connectivity index (χ0v) is 18.9. The number of para-hydroxylation sites is 1. The average Bonchev–Trinajstić information content (AvgIpc) is 2.77. The van der Waals surface area contributed by atoms with Crippen LogP contribution in [0, 0.1) is 5.82 Å². The van der Waals surface area contributed by atoms with Gasteiger partial charge in [0.05, 0.1) is 0 Å². The first-order valence-corrected chi connectivity index (χ1v) is 10.9. The molecule has 2 aromatic carbocycles. The topological polar surface area (TPSA) is 58.6 Å². The summed E-state index contributed by atoms with van der Waals surface area (Å²) in [5, 5.41) is 2.88. The minimum atomic E-state index is -0.631. The normalized spacial score (nSPS) is 11.8. The third kappa shape index (κ3) is 7.09. The Morgan fingerprint density at radius 3 is 2.35 bits per heavy atom. The van der Waals surface area contributed by atoms with Gasteiger partial charge in [0.25, 0.3) is 5.91 Å². The minimum Gasteiger partial charge on any atom is -0.483 e. The average molecular weight is 429 g/mol. The zero-order valence-electron chi connectivity index (χ0n) is 18.9. The number of ether oxygens (including phenoxy) is 1. The quantitative estimate of drug-likeness (QED) is 0.566. The van der Waals surface area contributed by atoms with Crippen LogP contribution in [0.3, 0.4) is 0 Å². The fourth-order valence-corrected chi connectivity index (χ4v) is 3.38. The highest BCUT2D eigenvalue weighted by Crippen LogP contribution is 2.26. The van der Waals surface area contributed by atoms with Crippen molar-refractivity contribution in [3.8, 4) is 5.75 Å². The molecule has 0 radical (unpaired) electrons. The molecular weight excluding hydrogens is 395 g/mol. The number of nitrogens with one attached hydrogen (secondary N) is 1. The van der Waals surface area contributed by atoms with Crippen LogP contribution in [0.1, 0.15) is 57.6 Å². The zero-order chi connectivity index (χ0) is 22.8. The van der Waals surface area contributed by atoms with Gasteiger partial charge in [-0.15, -0.1) is 0 Å². The lowest BCUT2D eigenvalue weighted by molar-refractivity contribution is -0.143. The van der Waals surface area contributed by atoms with Crippen LogP contribution in [-0.4, -0.2) is 35.9 Å². The number of hydrogen-bond acceptors (Lipinski definition) is 3. The number of amides is 2. The summed E-state index contributed by atoms with van der Waals surface area (Å²) >= 11 is 0. The standard InChI is InChI=1S/C25H33FN2O3/c1-5-15-27-25(30)22(6-2)28(16-19-11-13-20(26)14-12-19)24(29)17-31-23-10-8-7-9-21(23)18(3)4/h7-14,18,22H,5-6,15-17H2,1-4H3,(H,27,30)/t22-/m1/s1. The molecule has 1 atom stereocenters. The van der Waals surface area contributed by atoms with E-state index >= 15 is 0 Å². The van der Waals surface area contributed by atoms with Gasteiger partial charge in [0.2, 0.25) is 5.91 Å². The fourth-order valence-electron chi connectivity index (χ4n) is 3.38. The first-order chi connectivity index (χ1) is 14.9. The van der Waals surface area contributed by atoms with E-state index in [9.17, 15) is 14.0 Å². The lowest BCUT2D eigenvalue weighted by Gasteiger charge is -2.30. The summed E-state index contributed by atoms with van der Waals surface area (Å²) in [6.45, 7) is 8.55. The summed E-state index contributed by atoms with van der Waals surface area (Å²) in [7, 11) is 0. The molecule has 0 aliphatic heterocycles. The maximum absolute atomic E-state index is 13.3. The molecule has 0 aromatic heterocycles. The van der Waals surface area contributed by atoms with E-state index in [4.69, 9.17) is 4.74 Å². The second kappa shape index (κ2) is 12.1. The van der Waals surface area contributed by atoms with Gasteiger partial charge in [0.1, 0.15) is 17.6 Å². The smallest absolute Gasteiger partial charge is 0.261 e. The molecule has 0 unspecified atom stereocenters. The molecule has 0 fully saturated rings. The van der Waals surface area contributed by atoms with Gasteiger partial charge in [0.15, 0.2) is 6.61 Å². The Hall–Kier alpha value is -2.89. The van der Waals surface area contributed by atoms with E-state index in [1.165, 1.54) is 17.0 Å². The van der Waals surface area contributed by atoms with Gasteiger partial charge in [-0.2, -0.15) is 0 Å². The van der Waals surface area contributed by atoms with E-state index in [0.29, 0.717) is 18.7 Å². The van der Waals surface area contributed by atoms with Crippen LogP contribution < -0.4 is 10.1 Å². The van der Waals surface area contributed by atoms with Crippen molar-refractivity contribution in [3.05, 3.63) is 65.5 Å². The Labute approximate surface area is 184 Å². The highest BCUT2D eigenvalue weighted by Gasteiger charge is 2.29. The lowest BCUT2D eigenvalue weighted by Crippen LogP contribution is -2.50. The first kappa shape index (κ1) is 24.4. The molecule has 2 amide bonds. The van der Waals surface area contributed by atoms with E-state index in [-0.39, 0.29) is 36.7 Å². The molecule has 2 aromatic rings. The van der Waals surface area contributed by atoms with E-state index in [2.05, 4.69) is 19.2 Å². The Bertz CT molecular complexity index is 852. The second-order valence-corrected chi connectivity index (χ2v) is 7.84. The molecule has 5 nitrogen and oxygen atoms in total. The minimum absolute atomic E-state index is 0.178. The van der Waals surface area contributed by atoms with Gasteiger partial charge in [-0.05, 0) is 48.1 Å². The largest absolute Gasteiger partial charge is 0.483 e. The van der Waals surface area contributed by atoms with Gasteiger partial charge in [-0.25, -0.2) is 4.39 Å². The Morgan fingerprint density at radius 2 is 1.74 bits per heavy atom. The monoisotopic (exact) mass is 428 g/mol. The van der Waals surface area contributed by atoms with Gasteiger partial charge in [-0.1, -0.05) is 58.0 Å². The van der Waals surface area contributed by atoms with E-state index in [0.717, 1.165) is 17.5 Å². The van der Waals surface area contributed by atoms with E-state index < -0.39 is 6.04 Å². The number of carbonyl (C=O) groups is 2. The lowest BCUT2D eigenvalue weighted by atomic mass is 10.0. The maximum atomic E-state index is 13.3. The van der Waals surface area contributed by atoms with Gasteiger partial charge in [0, 0.05) is 13.1 Å². The molecule has 2 rings (SSSR count). The van der Waals surface area contributed by atoms with Crippen LogP contribution in [-0.2, 0) is 16.1 Å². The number of nitrogens with zero attached hydrogens (tertiary/aromatic N) is 1. The summed E-state index contributed by atoms with van der Waals surface area (Å²) in [6, 6.07) is 13.0. The van der Waals surface area contributed by atoms with Crippen LogP contribution >= 0.6 is 0 Å². The van der Waals surface area contributed by atoms with Crippen LogP contribution in [0.15, 0.2) is 48.5 Å². The number of benzene rings is 2. The number of carbonyl (C=O) groups excluding carboxylic acids is 2. The van der Waals surface area contributed by atoms with Crippen molar-refractivity contribution in [3.63, 3.8) is 0 Å². The van der Waals surface area contributed by atoms with Gasteiger partial charge < -0.3 is 15.0 Å². The van der Waals surface area contributed by atoms with Crippen molar-refractivity contribution in [1.29, 1.82) is 0 Å². The van der Waals surface area contributed by atoms with Crippen LogP contribution in [0.4, 0.5) is 4.39 Å². The fraction of sp³-hybridized carbons (Fsp3) is 0.440. The van der Waals surface area contributed by atoms with Gasteiger partial charge >= 0.3 is 0 Å². The molecule has 0 bridgehead atoms. The summed E-state index contributed by atoms with van der Waals surface area (Å²) < 4.78 is 19.2. The molecule has 0 saturated heterocycles. The van der Waals surface area contributed by atoms with Crippen molar-refractivity contribution in [1.82, 2.24) is 10.2 Å². The second-order valence-electron chi connectivity index (χ2n) is 7.84. The first-order valence-electron chi connectivity index (χ1n) is 10.9. The summed E-state index contributed by atoms with van der Waals surface area (Å²) in [4.78, 5) is 27.5. The van der Waals surface area contributed by atoms with Crippen LogP contribution in [0.5, 0.6) is 5.75 Å². The van der Waals surface area contributed by atoms with E-state index in [1.807, 2.05) is 38.1 Å². The van der Waals surface area contributed by atoms with Crippen LogP contribution in [0.25, 0.3) is 0 Å². The molecule has 0 saturated carbocycles. The van der Waals surface area contributed by atoms with Crippen molar-refractivity contribution in [2.24, 2.45) is 0 Å². The van der Waals surface area contributed by atoms with Crippen molar-refractivity contribution in [2.45, 2.75) is 59.0 Å². The highest BCUT2D eigenvalue weighted by molar-refractivity contribution is 5.88. The van der Waals surface area contributed by atoms with Crippen molar-refractivity contribution in [2.75, 3.05) is 13.2 Å². The number of rotatable bonds is 11. The summed E-state index contributed by atoms with van der Waals surface area (Å²) in [6.07, 6.45) is 1.27. The summed E-state index contributed by atoms with van der Waals surface area (Å²) in [5.74, 6) is 0.0904. The molecule has 168 valence electrons. The molecular formula is C25H33FN2O3. The predicted octanol–water partition coefficient (Wildman–Crippen LogP) is 4.66. The molecule has 31 heavy (non-hydrogen) atoms. The third-order valence-corrected chi connectivity index (χ3v) is 5.09. The molecule has 0 heterocycles. The predicted molar refractivity (Wildman–Crippen MR) is 120 cm³/mol. The Balaban J connectivity index is 2.22. The highest BCUT2D eigenvalue weighted by atomic mass is 19.1. The van der Waals surface area contributed by atoms with E-state index in [1.54, 1.807) is 12.1 Å². The number of hydrogen-bond donors (Lipinski definition) is 1. The van der Waals surface area contributed by atoms with Crippen molar-refractivity contribution < 1.29 is 18.7 Å². The third-order valence-electron chi connectivity index (χ3n) is 5.09. The SMILES string of the molecule is CCCNC(=O)[C@@H](CC)N(Cc1ccc(F)cc1)C(=O)COc1ccccc1C(C)C. The van der Waals surface area contributed by atoms with Crippen LogP contribution in [0.2, 0.25) is 0 Å². The maximum Gasteiger partial charge on any atom is 0.261 e.